The highest BCUT2D eigenvalue weighted by Crippen LogP contribution is 2.38. The fourth-order valence-corrected chi connectivity index (χ4v) is 3.23. The molecule has 2 aromatic rings. The first-order chi connectivity index (χ1) is 8.86. The Morgan fingerprint density at radius 2 is 1.56 bits per heavy atom. The van der Waals surface area contributed by atoms with Crippen LogP contribution in [0.1, 0.15) is 11.6 Å². The molecule has 1 aliphatic rings. The number of hydrogen-bond donors (Lipinski definition) is 0. The van der Waals surface area contributed by atoms with E-state index < -0.39 is 0 Å². The molecule has 18 heavy (non-hydrogen) atoms. The first-order valence-corrected chi connectivity index (χ1v) is 6.91. The Kier molecular flexibility index (Phi) is 3.07. The molecule has 1 saturated heterocycles. The Morgan fingerprint density at radius 3 is 2.22 bits per heavy atom. The number of para-hydroxylation sites is 1. The summed E-state index contributed by atoms with van der Waals surface area (Å²) in [5.41, 5.74) is 2.17. The number of nitrogens with zero attached hydrogens (tertiary/aromatic N) is 1. The van der Waals surface area contributed by atoms with Gasteiger partial charge in [0.05, 0.1) is 6.04 Å². The van der Waals surface area contributed by atoms with Gasteiger partial charge < -0.3 is 0 Å². The lowest BCUT2D eigenvalue weighted by molar-refractivity contribution is 0.265. The van der Waals surface area contributed by atoms with Gasteiger partial charge in [0.1, 0.15) is 0 Å². The van der Waals surface area contributed by atoms with Crippen molar-refractivity contribution in [2.45, 2.75) is 6.04 Å². The Hall–Kier alpha value is -1.74. The monoisotopic (exact) mass is 255 g/mol. The van der Waals surface area contributed by atoms with Crippen LogP contribution in [0, 0.1) is 0 Å². The van der Waals surface area contributed by atoms with E-state index in [4.69, 9.17) is 0 Å². The Morgan fingerprint density at radius 1 is 0.944 bits per heavy atom. The minimum Gasteiger partial charge on any atom is -0.295 e. The maximum absolute atomic E-state index is 12.0. The summed E-state index contributed by atoms with van der Waals surface area (Å²) in [7, 11) is 0. The van der Waals surface area contributed by atoms with E-state index in [2.05, 4.69) is 12.1 Å². The Labute approximate surface area is 111 Å². The molecule has 90 valence electrons. The minimum atomic E-state index is 0.134. The van der Waals surface area contributed by atoms with Gasteiger partial charge in [0.25, 0.3) is 5.24 Å². The zero-order chi connectivity index (χ0) is 12.4. The van der Waals surface area contributed by atoms with Gasteiger partial charge in [-0.05, 0) is 17.7 Å². The molecule has 1 unspecified atom stereocenters. The number of hydrogen-bond acceptors (Lipinski definition) is 2. The normalized spacial score (nSPS) is 19.2. The molecule has 0 spiro atoms. The van der Waals surface area contributed by atoms with Crippen LogP contribution < -0.4 is 4.90 Å². The SMILES string of the molecule is O=C1SCC(c2ccccc2)N1c1ccccc1. The topological polar surface area (TPSA) is 20.3 Å². The maximum atomic E-state index is 12.0. The average molecular weight is 255 g/mol. The van der Waals surface area contributed by atoms with Crippen LogP contribution in [0.5, 0.6) is 0 Å². The summed E-state index contributed by atoms with van der Waals surface area (Å²) in [6, 6.07) is 20.2. The van der Waals surface area contributed by atoms with Crippen LogP contribution in [0.2, 0.25) is 0 Å². The lowest BCUT2D eigenvalue weighted by atomic mass is 10.1. The van der Waals surface area contributed by atoms with Crippen LogP contribution >= 0.6 is 11.8 Å². The van der Waals surface area contributed by atoms with Crippen LogP contribution in [0.4, 0.5) is 10.5 Å². The smallest absolute Gasteiger partial charge is 0.286 e. The van der Waals surface area contributed by atoms with Crippen molar-refractivity contribution in [3.63, 3.8) is 0 Å². The molecule has 1 heterocycles. The molecule has 0 saturated carbocycles. The third-order valence-electron chi connectivity index (χ3n) is 3.09. The first-order valence-electron chi connectivity index (χ1n) is 5.92. The van der Waals surface area contributed by atoms with Gasteiger partial charge in [-0.3, -0.25) is 9.69 Å². The summed E-state index contributed by atoms with van der Waals surface area (Å²) in [6.45, 7) is 0. The highest BCUT2D eigenvalue weighted by molar-refractivity contribution is 8.14. The zero-order valence-electron chi connectivity index (χ0n) is 9.82. The van der Waals surface area contributed by atoms with E-state index >= 15 is 0 Å². The van der Waals surface area contributed by atoms with Crippen LogP contribution in [-0.2, 0) is 0 Å². The van der Waals surface area contributed by atoms with E-state index in [1.165, 1.54) is 17.3 Å². The predicted molar refractivity (Wildman–Crippen MR) is 76.0 cm³/mol. The van der Waals surface area contributed by atoms with Crippen molar-refractivity contribution >= 4 is 22.7 Å². The van der Waals surface area contributed by atoms with Crippen molar-refractivity contribution in [1.29, 1.82) is 0 Å². The largest absolute Gasteiger partial charge is 0.295 e. The zero-order valence-corrected chi connectivity index (χ0v) is 10.6. The summed E-state index contributed by atoms with van der Waals surface area (Å²) in [5, 5.41) is 0.134. The van der Waals surface area contributed by atoms with Crippen LogP contribution in [0.3, 0.4) is 0 Å². The van der Waals surface area contributed by atoms with E-state index in [1.807, 2.05) is 53.4 Å². The van der Waals surface area contributed by atoms with Gasteiger partial charge in [0, 0.05) is 11.4 Å². The van der Waals surface area contributed by atoms with E-state index in [0.29, 0.717) is 0 Å². The third-order valence-corrected chi connectivity index (χ3v) is 4.02. The number of rotatable bonds is 2. The standard InChI is InChI=1S/C15H13NOS/c17-15-16(13-9-5-2-6-10-13)14(11-18-15)12-7-3-1-4-8-12/h1-10,14H,11H2. The van der Waals surface area contributed by atoms with Crippen LogP contribution in [0.25, 0.3) is 0 Å². The lowest BCUT2D eigenvalue weighted by Crippen LogP contribution is -2.26. The van der Waals surface area contributed by atoms with Gasteiger partial charge in [0.2, 0.25) is 0 Å². The van der Waals surface area contributed by atoms with Crippen molar-refractivity contribution in [1.82, 2.24) is 0 Å². The second kappa shape index (κ2) is 4.86. The highest BCUT2D eigenvalue weighted by atomic mass is 32.2. The van der Waals surface area contributed by atoms with Gasteiger partial charge in [-0.25, -0.2) is 0 Å². The molecule has 0 aromatic heterocycles. The molecule has 1 atom stereocenters. The van der Waals surface area contributed by atoms with Gasteiger partial charge in [0.15, 0.2) is 0 Å². The quantitative estimate of drug-likeness (QED) is 0.805. The van der Waals surface area contributed by atoms with Crippen molar-refractivity contribution < 1.29 is 4.79 Å². The number of anilines is 1. The summed E-state index contributed by atoms with van der Waals surface area (Å²) in [6.07, 6.45) is 0. The summed E-state index contributed by atoms with van der Waals surface area (Å²) in [4.78, 5) is 13.9. The summed E-state index contributed by atoms with van der Waals surface area (Å²) in [5.74, 6) is 0.817. The molecule has 0 radical (unpaired) electrons. The molecule has 0 N–H and O–H groups in total. The minimum absolute atomic E-state index is 0.134. The fourth-order valence-electron chi connectivity index (χ4n) is 2.22. The van der Waals surface area contributed by atoms with Gasteiger partial charge in [-0.15, -0.1) is 0 Å². The first kappa shape index (κ1) is 11.4. The molecule has 2 nitrogen and oxygen atoms in total. The molecular formula is C15H13NOS. The molecule has 2 aromatic carbocycles. The molecule has 1 aliphatic heterocycles. The Bertz CT molecular complexity index is 541. The van der Waals surface area contributed by atoms with Crippen molar-refractivity contribution in [2.75, 3.05) is 10.7 Å². The predicted octanol–water partition coefficient (Wildman–Crippen LogP) is 4.10. The van der Waals surface area contributed by atoms with Gasteiger partial charge in [-0.2, -0.15) is 0 Å². The highest BCUT2D eigenvalue weighted by Gasteiger charge is 2.33. The molecule has 0 aliphatic carbocycles. The third kappa shape index (κ3) is 2.02. The molecular weight excluding hydrogens is 242 g/mol. The number of carbonyl (C=O) groups is 1. The molecule has 1 fully saturated rings. The molecule has 3 rings (SSSR count). The van der Waals surface area contributed by atoms with E-state index in [9.17, 15) is 4.79 Å². The van der Waals surface area contributed by atoms with Gasteiger partial charge in [-0.1, -0.05) is 60.3 Å². The number of benzene rings is 2. The second-order valence-corrected chi connectivity index (χ2v) is 5.18. The number of thioether (sulfide) groups is 1. The van der Waals surface area contributed by atoms with E-state index in [0.717, 1.165) is 11.4 Å². The van der Waals surface area contributed by atoms with Crippen molar-refractivity contribution in [3.05, 3.63) is 66.2 Å². The van der Waals surface area contributed by atoms with Crippen LogP contribution in [-0.4, -0.2) is 11.0 Å². The average Bonchev–Trinajstić information content (AvgIpc) is 2.83. The van der Waals surface area contributed by atoms with Crippen molar-refractivity contribution in [2.24, 2.45) is 0 Å². The number of amides is 1. The second-order valence-electron chi connectivity index (χ2n) is 4.21. The van der Waals surface area contributed by atoms with Crippen molar-refractivity contribution in [3.8, 4) is 0 Å². The van der Waals surface area contributed by atoms with E-state index in [1.54, 1.807) is 0 Å². The lowest BCUT2D eigenvalue weighted by Gasteiger charge is -2.24. The summed E-state index contributed by atoms with van der Waals surface area (Å²) >= 11 is 1.39. The maximum Gasteiger partial charge on any atom is 0.286 e. The fraction of sp³-hybridized carbons (Fsp3) is 0.133. The summed E-state index contributed by atoms with van der Waals surface area (Å²) < 4.78 is 0. The van der Waals surface area contributed by atoms with E-state index in [-0.39, 0.29) is 11.3 Å². The molecule has 1 amide bonds. The molecule has 3 heteroatoms. The van der Waals surface area contributed by atoms with Gasteiger partial charge >= 0.3 is 0 Å². The van der Waals surface area contributed by atoms with Crippen LogP contribution in [0.15, 0.2) is 60.7 Å². The number of carbonyl (C=O) groups excluding carboxylic acids is 1. The molecule has 0 bridgehead atoms. The Balaban J connectivity index is 1.98.